The highest BCUT2D eigenvalue weighted by atomic mass is 15.0. The Hall–Kier alpha value is -1.51. The number of allylic oxidation sites excluding steroid dienone is 2. The number of hydrogen-bond acceptors (Lipinski definition) is 3. The molecule has 0 saturated heterocycles. The Morgan fingerprint density at radius 1 is 1.37 bits per heavy atom. The first-order chi connectivity index (χ1) is 8.92. The third-order valence-corrected chi connectivity index (χ3v) is 2.81. The first-order valence-electron chi connectivity index (χ1n) is 7.05. The molecule has 0 heterocycles. The van der Waals surface area contributed by atoms with Gasteiger partial charge in [-0.05, 0) is 44.3 Å². The van der Waals surface area contributed by atoms with Crippen LogP contribution in [-0.4, -0.2) is 6.21 Å². The third kappa shape index (κ3) is 7.50. The highest BCUT2D eigenvalue weighted by Gasteiger charge is 2.04. The number of nitrogens with one attached hydrogen (secondary N) is 1. The van der Waals surface area contributed by atoms with Gasteiger partial charge in [-0.1, -0.05) is 33.8 Å². The van der Waals surface area contributed by atoms with E-state index >= 15 is 0 Å². The molecule has 0 bridgehead atoms. The van der Waals surface area contributed by atoms with Crippen LogP contribution < -0.4 is 11.1 Å². The molecule has 0 fully saturated rings. The van der Waals surface area contributed by atoms with Crippen molar-refractivity contribution in [2.75, 3.05) is 0 Å². The highest BCUT2D eigenvalue weighted by Crippen LogP contribution is 2.14. The first kappa shape index (κ1) is 17.5. The van der Waals surface area contributed by atoms with Crippen molar-refractivity contribution >= 4 is 6.21 Å². The molecule has 0 spiro atoms. The van der Waals surface area contributed by atoms with Gasteiger partial charge in [0.05, 0.1) is 17.2 Å². The van der Waals surface area contributed by atoms with E-state index in [-0.39, 0.29) is 0 Å². The van der Waals surface area contributed by atoms with Crippen LogP contribution in [0.15, 0.2) is 40.4 Å². The van der Waals surface area contributed by atoms with E-state index in [4.69, 9.17) is 5.73 Å². The van der Waals surface area contributed by atoms with Gasteiger partial charge in [-0.3, -0.25) is 4.99 Å². The molecule has 0 aromatic carbocycles. The third-order valence-electron chi connectivity index (χ3n) is 2.81. The molecule has 3 heteroatoms. The zero-order valence-corrected chi connectivity index (χ0v) is 13.1. The molecule has 1 atom stereocenters. The lowest BCUT2D eigenvalue weighted by molar-refractivity contribution is 0.753. The summed E-state index contributed by atoms with van der Waals surface area (Å²) in [5.41, 5.74) is 8.66. The van der Waals surface area contributed by atoms with Gasteiger partial charge in [-0.15, -0.1) is 0 Å². The fraction of sp³-hybridized carbons (Fsp3) is 0.562. The van der Waals surface area contributed by atoms with Gasteiger partial charge in [-0.2, -0.15) is 0 Å². The number of aliphatic imine (C=N–C) groups is 1. The molecule has 3 N–H and O–H groups in total. The van der Waals surface area contributed by atoms with Gasteiger partial charge < -0.3 is 11.1 Å². The van der Waals surface area contributed by atoms with Crippen molar-refractivity contribution in [1.29, 1.82) is 0 Å². The Morgan fingerprint density at radius 3 is 2.47 bits per heavy atom. The molecule has 19 heavy (non-hydrogen) atoms. The standard InChI is InChI=1S/C16H29N3/c1-7-9-10-15(17)19-14(6)16(12(3)4)18-11-13(5)8-2/h10-11,13,19H,6-9,17H2,1-5H3/b15-10+,18-11?. The molecule has 0 aliphatic rings. The van der Waals surface area contributed by atoms with Crippen LogP contribution in [0.3, 0.4) is 0 Å². The minimum absolute atomic E-state index is 0.468. The SMILES string of the molecule is C=C(N/C(N)=C/CCC)C(N=CC(C)CC)=C(C)C. The Bertz CT molecular complexity index is 371. The van der Waals surface area contributed by atoms with Crippen molar-refractivity contribution < 1.29 is 0 Å². The normalized spacial score (nSPS) is 13.4. The van der Waals surface area contributed by atoms with Crippen LogP contribution in [0.4, 0.5) is 0 Å². The van der Waals surface area contributed by atoms with Gasteiger partial charge in [0.25, 0.3) is 0 Å². The van der Waals surface area contributed by atoms with Crippen molar-refractivity contribution in [3.8, 4) is 0 Å². The van der Waals surface area contributed by atoms with E-state index in [0.29, 0.717) is 11.7 Å². The van der Waals surface area contributed by atoms with Crippen molar-refractivity contribution in [1.82, 2.24) is 5.32 Å². The summed E-state index contributed by atoms with van der Waals surface area (Å²) in [5.74, 6) is 1.11. The second-order valence-electron chi connectivity index (χ2n) is 5.06. The summed E-state index contributed by atoms with van der Waals surface area (Å²) >= 11 is 0. The molecule has 3 nitrogen and oxygen atoms in total. The molecule has 0 amide bonds. The summed E-state index contributed by atoms with van der Waals surface area (Å²) in [6.45, 7) is 14.5. The molecule has 0 rings (SSSR count). The Labute approximate surface area is 118 Å². The Kier molecular flexibility index (Phi) is 8.68. The van der Waals surface area contributed by atoms with Crippen LogP contribution in [-0.2, 0) is 0 Å². The van der Waals surface area contributed by atoms with E-state index < -0.39 is 0 Å². The van der Waals surface area contributed by atoms with Gasteiger partial charge in [0.2, 0.25) is 0 Å². The second kappa shape index (κ2) is 9.42. The zero-order chi connectivity index (χ0) is 14.8. The van der Waals surface area contributed by atoms with Gasteiger partial charge in [0, 0.05) is 6.21 Å². The van der Waals surface area contributed by atoms with Crippen LogP contribution in [0.2, 0.25) is 0 Å². The lowest BCUT2D eigenvalue weighted by Crippen LogP contribution is -2.20. The fourth-order valence-corrected chi connectivity index (χ4v) is 1.40. The van der Waals surface area contributed by atoms with Crippen molar-refractivity contribution in [3.05, 3.63) is 35.4 Å². The average molecular weight is 263 g/mol. The minimum Gasteiger partial charge on any atom is -0.386 e. The van der Waals surface area contributed by atoms with E-state index in [1.54, 1.807) is 0 Å². The van der Waals surface area contributed by atoms with E-state index in [9.17, 15) is 0 Å². The van der Waals surface area contributed by atoms with Crippen LogP contribution in [0.25, 0.3) is 0 Å². The molecule has 0 aromatic heterocycles. The fourth-order valence-electron chi connectivity index (χ4n) is 1.40. The Balaban J connectivity index is 4.80. The predicted octanol–water partition coefficient (Wildman–Crippen LogP) is 4.10. The highest BCUT2D eigenvalue weighted by molar-refractivity contribution is 5.63. The van der Waals surface area contributed by atoms with Gasteiger partial charge >= 0.3 is 0 Å². The maximum atomic E-state index is 5.90. The van der Waals surface area contributed by atoms with Crippen molar-refractivity contribution in [2.24, 2.45) is 16.6 Å². The zero-order valence-electron chi connectivity index (χ0n) is 13.1. The smallest absolute Gasteiger partial charge is 0.0964 e. The van der Waals surface area contributed by atoms with Crippen LogP contribution in [0, 0.1) is 5.92 Å². The summed E-state index contributed by atoms with van der Waals surface area (Å²) in [7, 11) is 0. The summed E-state index contributed by atoms with van der Waals surface area (Å²) in [4.78, 5) is 4.54. The molecule has 0 aliphatic carbocycles. The van der Waals surface area contributed by atoms with Crippen LogP contribution in [0.1, 0.15) is 53.9 Å². The van der Waals surface area contributed by atoms with Crippen molar-refractivity contribution in [2.45, 2.75) is 53.9 Å². The maximum Gasteiger partial charge on any atom is 0.0964 e. The lowest BCUT2D eigenvalue weighted by atomic mass is 10.1. The quantitative estimate of drug-likeness (QED) is 0.511. The van der Waals surface area contributed by atoms with E-state index in [2.05, 4.69) is 37.7 Å². The number of rotatable bonds is 8. The summed E-state index contributed by atoms with van der Waals surface area (Å²) < 4.78 is 0. The maximum absolute atomic E-state index is 5.90. The molecule has 0 aliphatic heterocycles. The lowest BCUT2D eigenvalue weighted by Gasteiger charge is -2.12. The summed E-state index contributed by atoms with van der Waals surface area (Å²) in [6.07, 6.45) is 7.08. The Morgan fingerprint density at radius 2 is 2.00 bits per heavy atom. The molecule has 1 unspecified atom stereocenters. The molecular weight excluding hydrogens is 234 g/mol. The van der Waals surface area contributed by atoms with Gasteiger partial charge in [0.1, 0.15) is 0 Å². The van der Waals surface area contributed by atoms with E-state index in [1.807, 2.05) is 26.1 Å². The number of hydrogen-bond donors (Lipinski definition) is 2. The first-order valence-corrected chi connectivity index (χ1v) is 7.05. The second-order valence-corrected chi connectivity index (χ2v) is 5.06. The molecule has 0 aromatic rings. The van der Waals surface area contributed by atoms with Crippen LogP contribution in [0.5, 0.6) is 0 Å². The summed E-state index contributed by atoms with van der Waals surface area (Å²) in [5, 5.41) is 3.11. The number of nitrogens with zero attached hydrogens (tertiary/aromatic N) is 1. The molecular formula is C16H29N3. The minimum atomic E-state index is 0.468. The molecule has 108 valence electrons. The largest absolute Gasteiger partial charge is 0.386 e. The van der Waals surface area contributed by atoms with Crippen molar-refractivity contribution in [3.63, 3.8) is 0 Å². The molecule has 0 radical (unpaired) electrons. The molecule has 0 saturated carbocycles. The van der Waals surface area contributed by atoms with Gasteiger partial charge in [-0.25, -0.2) is 0 Å². The van der Waals surface area contributed by atoms with Gasteiger partial charge in [0.15, 0.2) is 0 Å². The predicted molar refractivity (Wildman–Crippen MR) is 85.8 cm³/mol. The average Bonchev–Trinajstić information content (AvgIpc) is 2.35. The topological polar surface area (TPSA) is 50.4 Å². The number of unbranched alkanes of at least 4 members (excludes halogenated alkanes) is 1. The van der Waals surface area contributed by atoms with Crippen LogP contribution >= 0.6 is 0 Å². The number of nitrogens with two attached hydrogens (primary N) is 1. The van der Waals surface area contributed by atoms with E-state index in [1.165, 1.54) is 0 Å². The summed E-state index contributed by atoms with van der Waals surface area (Å²) in [6, 6.07) is 0. The van der Waals surface area contributed by atoms with E-state index in [0.717, 1.165) is 36.2 Å². The monoisotopic (exact) mass is 263 g/mol.